The number of hydrogen-bond donors (Lipinski definition) is 0. The molecule has 0 saturated carbocycles. The molecular formula is C17H23N3O3. The minimum atomic E-state index is -0.209. The van der Waals surface area contributed by atoms with Gasteiger partial charge >= 0.3 is 5.97 Å². The highest BCUT2D eigenvalue weighted by atomic mass is 16.5. The lowest BCUT2D eigenvalue weighted by molar-refractivity contribution is -0.145. The van der Waals surface area contributed by atoms with E-state index in [1.807, 2.05) is 44.2 Å². The molecule has 0 aliphatic carbocycles. The summed E-state index contributed by atoms with van der Waals surface area (Å²) in [4.78, 5) is 18.0. The number of nitrogens with zero attached hydrogens (tertiary/aromatic N) is 3. The number of ether oxygens (including phenoxy) is 1. The molecule has 124 valence electrons. The van der Waals surface area contributed by atoms with Crippen molar-refractivity contribution in [2.75, 3.05) is 20.2 Å². The Labute approximate surface area is 136 Å². The molecule has 0 aliphatic rings. The van der Waals surface area contributed by atoms with Crippen LogP contribution < -0.4 is 0 Å². The minimum Gasteiger partial charge on any atom is -0.469 e. The molecule has 0 aliphatic heterocycles. The van der Waals surface area contributed by atoms with E-state index in [1.54, 1.807) is 0 Å². The number of aromatic nitrogens is 2. The molecule has 0 radical (unpaired) electrons. The Balaban J connectivity index is 1.93. The van der Waals surface area contributed by atoms with Crippen LogP contribution in [0.5, 0.6) is 0 Å². The Hall–Kier alpha value is -2.21. The van der Waals surface area contributed by atoms with E-state index in [0.717, 1.165) is 12.1 Å². The molecule has 0 bridgehead atoms. The summed E-state index contributed by atoms with van der Waals surface area (Å²) in [6, 6.07) is 10.0. The SMILES string of the molecule is CCN(Cc1nc(Cc2ccccc2)no1)C[C@H](C)C(=O)OC. The molecule has 1 aromatic carbocycles. The van der Waals surface area contributed by atoms with Gasteiger partial charge in [0.1, 0.15) is 0 Å². The molecule has 23 heavy (non-hydrogen) atoms. The van der Waals surface area contributed by atoms with Gasteiger partial charge in [-0.05, 0) is 12.1 Å². The van der Waals surface area contributed by atoms with Crippen LogP contribution in [0.3, 0.4) is 0 Å². The smallest absolute Gasteiger partial charge is 0.309 e. The first kappa shape index (κ1) is 17.1. The van der Waals surface area contributed by atoms with Gasteiger partial charge in [0.05, 0.1) is 19.6 Å². The minimum absolute atomic E-state index is 0.188. The van der Waals surface area contributed by atoms with Gasteiger partial charge in [0.25, 0.3) is 0 Å². The molecule has 0 N–H and O–H groups in total. The van der Waals surface area contributed by atoms with Gasteiger partial charge in [0, 0.05) is 13.0 Å². The van der Waals surface area contributed by atoms with Crippen molar-refractivity contribution >= 4 is 5.97 Å². The monoisotopic (exact) mass is 317 g/mol. The van der Waals surface area contributed by atoms with Crippen molar-refractivity contribution in [1.29, 1.82) is 0 Å². The number of carbonyl (C=O) groups is 1. The Bertz CT molecular complexity index is 613. The summed E-state index contributed by atoms with van der Waals surface area (Å²) in [5, 5.41) is 4.02. The second kappa shape index (κ2) is 8.43. The summed E-state index contributed by atoms with van der Waals surface area (Å²) in [6.07, 6.45) is 0.648. The number of rotatable bonds is 8. The van der Waals surface area contributed by atoms with E-state index >= 15 is 0 Å². The lowest BCUT2D eigenvalue weighted by Crippen LogP contribution is -2.32. The maximum Gasteiger partial charge on any atom is 0.309 e. The molecule has 1 aromatic heterocycles. The Kier molecular flexibility index (Phi) is 6.29. The molecule has 0 spiro atoms. The lowest BCUT2D eigenvalue weighted by Gasteiger charge is -2.21. The number of benzene rings is 1. The molecule has 0 amide bonds. The van der Waals surface area contributed by atoms with E-state index in [1.165, 1.54) is 7.11 Å². The maximum atomic E-state index is 11.5. The van der Waals surface area contributed by atoms with E-state index in [2.05, 4.69) is 15.0 Å². The number of hydrogen-bond acceptors (Lipinski definition) is 6. The van der Waals surface area contributed by atoms with E-state index in [4.69, 9.17) is 9.26 Å². The van der Waals surface area contributed by atoms with Gasteiger partial charge in [-0.15, -0.1) is 0 Å². The molecule has 2 aromatic rings. The zero-order valence-corrected chi connectivity index (χ0v) is 13.9. The first-order valence-corrected chi connectivity index (χ1v) is 7.78. The summed E-state index contributed by atoms with van der Waals surface area (Å²) in [5.74, 6) is 0.837. The molecule has 1 atom stereocenters. The first-order valence-electron chi connectivity index (χ1n) is 7.78. The van der Waals surface area contributed by atoms with Crippen LogP contribution in [0.25, 0.3) is 0 Å². The zero-order valence-electron chi connectivity index (χ0n) is 13.9. The average Bonchev–Trinajstić information content (AvgIpc) is 3.01. The van der Waals surface area contributed by atoms with Crippen molar-refractivity contribution in [2.45, 2.75) is 26.8 Å². The summed E-state index contributed by atoms with van der Waals surface area (Å²) >= 11 is 0. The van der Waals surface area contributed by atoms with Crippen LogP contribution in [0.2, 0.25) is 0 Å². The van der Waals surface area contributed by atoms with Crippen LogP contribution in [-0.2, 0) is 22.5 Å². The highest BCUT2D eigenvalue weighted by molar-refractivity contribution is 5.72. The molecule has 0 fully saturated rings. The average molecular weight is 317 g/mol. The van der Waals surface area contributed by atoms with E-state index in [0.29, 0.717) is 31.2 Å². The van der Waals surface area contributed by atoms with E-state index in [-0.39, 0.29) is 11.9 Å². The van der Waals surface area contributed by atoms with Gasteiger partial charge in [0.2, 0.25) is 5.89 Å². The zero-order chi connectivity index (χ0) is 16.7. The third-order valence-corrected chi connectivity index (χ3v) is 3.66. The fourth-order valence-corrected chi connectivity index (χ4v) is 2.36. The molecule has 0 saturated heterocycles. The predicted octanol–water partition coefficient (Wildman–Crippen LogP) is 2.29. The van der Waals surface area contributed by atoms with Crippen LogP contribution in [0.4, 0.5) is 0 Å². The van der Waals surface area contributed by atoms with E-state index < -0.39 is 0 Å². The molecule has 0 unspecified atom stereocenters. The number of esters is 1. The number of carbonyl (C=O) groups excluding carboxylic acids is 1. The second-order valence-corrected chi connectivity index (χ2v) is 5.52. The third-order valence-electron chi connectivity index (χ3n) is 3.66. The molecule has 2 rings (SSSR count). The van der Waals surface area contributed by atoms with Crippen LogP contribution in [0, 0.1) is 5.92 Å². The largest absolute Gasteiger partial charge is 0.469 e. The van der Waals surface area contributed by atoms with Gasteiger partial charge in [-0.1, -0.05) is 49.3 Å². The fraction of sp³-hybridized carbons (Fsp3) is 0.471. The van der Waals surface area contributed by atoms with Crippen LogP contribution >= 0.6 is 0 Å². The van der Waals surface area contributed by atoms with Gasteiger partial charge in [-0.3, -0.25) is 9.69 Å². The van der Waals surface area contributed by atoms with Crippen molar-refractivity contribution in [1.82, 2.24) is 15.0 Å². The standard InChI is InChI=1S/C17H23N3O3/c1-4-20(11-13(2)17(21)22-3)12-16-18-15(19-23-16)10-14-8-6-5-7-9-14/h5-9,13H,4,10-12H2,1-3H3/t13-/m0/s1. The van der Waals surface area contributed by atoms with Gasteiger partial charge in [-0.25, -0.2) is 0 Å². The summed E-state index contributed by atoms with van der Waals surface area (Å²) in [5.41, 5.74) is 1.14. The van der Waals surface area contributed by atoms with Crippen molar-refractivity contribution in [3.05, 3.63) is 47.6 Å². The first-order chi connectivity index (χ1) is 11.1. The second-order valence-electron chi connectivity index (χ2n) is 5.52. The van der Waals surface area contributed by atoms with Gasteiger partial charge < -0.3 is 9.26 Å². The highest BCUT2D eigenvalue weighted by Gasteiger charge is 2.18. The van der Waals surface area contributed by atoms with Crippen molar-refractivity contribution in [3.8, 4) is 0 Å². The topological polar surface area (TPSA) is 68.5 Å². The van der Waals surface area contributed by atoms with Crippen LogP contribution in [-0.4, -0.2) is 41.2 Å². The molecule has 1 heterocycles. The lowest BCUT2D eigenvalue weighted by atomic mass is 10.1. The quantitative estimate of drug-likeness (QED) is 0.696. The highest BCUT2D eigenvalue weighted by Crippen LogP contribution is 2.10. The Morgan fingerprint density at radius 3 is 2.74 bits per heavy atom. The predicted molar refractivity (Wildman–Crippen MR) is 85.7 cm³/mol. The van der Waals surface area contributed by atoms with Gasteiger partial charge in [-0.2, -0.15) is 4.98 Å². The van der Waals surface area contributed by atoms with Crippen molar-refractivity contribution < 1.29 is 14.1 Å². The molecular weight excluding hydrogens is 294 g/mol. The van der Waals surface area contributed by atoms with Crippen molar-refractivity contribution in [3.63, 3.8) is 0 Å². The number of methoxy groups -OCH3 is 1. The summed E-state index contributed by atoms with van der Waals surface area (Å²) in [6.45, 7) is 5.80. The normalized spacial score (nSPS) is 12.3. The summed E-state index contributed by atoms with van der Waals surface area (Å²) < 4.78 is 10.1. The van der Waals surface area contributed by atoms with Crippen LogP contribution in [0.1, 0.15) is 31.1 Å². The third kappa shape index (κ3) is 5.17. The van der Waals surface area contributed by atoms with Crippen molar-refractivity contribution in [2.24, 2.45) is 5.92 Å². The molecule has 6 nitrogen and oxygen atoms in total. The maximum absolute atomic E-state index is 11.5. The summed E-state index contributed by atoms with van der Waals surface area (Å²) in [7, 11) is 1.41. The fourth-order valence-electron chi connectivity index (χ4n) is 2.36. The Morgan fingerprint density at radius 1 is 1.35 bits per heavy atom. The van der Waals surface area contributed by atoms with E-state index in [9.17, 15) is 4.79 Å². The van der Waals surface area contributed by atoms with Crippen LogP contribution in [0.15, 0.2) is 34.9 Å². The van der Waals surface area contributed by atoms with Gasteiger partial charge in [0.15, 0.2) is 5.82 Å². The Morgan fingerprint density at radius 2 is 2.09 bits per heavy atom. The molecule has 6 heteroatoms.